The molecule has 0 fully saturated rings. The van der Waals surface area contributed by atoms with E-state index < -0.39 is 0 Å². The molecule has 0 spiro atoms. The van der Waals surface area contributed by atoms with E-state index in [9.17, 15) is 9.18 Å². The molecule has 3 rings (SSSR count). The van der Waals surface area contributed by atoms with Crippen LogP contribution in [-0.2, 0) is 7.05 Å². The van der Waals surface area contributed by atoms with Crippen molar-refractivity contribution in [2.45, 2.75) is 0 Å². The number of carbonyl (C=O) groups is 1. The molecule has 0 bridgehead atoms. The first kappa shape index (κ1) is 13.8. The Kier molecular flexibility index (Phi) is 3.36. The Hall–Kier alpha value is -3.13. The van der Waals surface area contributed by atoms with Crippen molar-refractivity contribution >= 4 is 22.5 Å². The number of amides is 1. The van der Waals surface area contributed by atoms with Gasteiger partial charge in [0, 0.05) is 12.4 Å². The molecule has 0 saturated carbocycles. The summed E-state index contributed by atoms with van der Waals surface area (Å²) in [4.78, 5) is 12.4. The molecule has 1 amide bonds. The fourth-order valence-corrected chi connectivity index (χ4v) is 2.40. The van der Waals surface area contributed by atoms with E-state index in [1.807, 2.05) is 6.07 Å². The van der Waals surface area contributed by atoms with Crippen LogP contribution in [0.2, 0.25) is 0 Å². The predicted molar refractivity (Wildman–Crippen MR) is 82.0 cm³/mol. The van der Waals surface area contributed by atoms with Gasteiger partial charge in [-0.1, -0.05) is 12.1 Å². The van der Waals surface area contributed by atoms with E-state index in [1.165, 1.54) is 12.1 Å². The minimum absolute atomic E-state index is 0.346. The highest BCUT2D eigenvalue weighted by atomic mass is 19.1. The number of anilines is 1. The number of hydrogen-bond acceptors (Lipinski definition) is 2. The van der Waals surface area contributed by atoms with Crippen LogP contribution in [0.3, 0.4) is 0 Å². The third kappa shape index (κ3) is 2.31. The third-order valence-corrected chi connectivity index (χ3v) is 3.54. The number of nitrogens with one attached hydrogen (secondary N) is 1. The molecule has 108 valence electrons. The Morgan fingerprint density at radius 1 is 1.23 bits per heavy atom. The summed E-state index contributed by atoms with van der Waals surface area (Å²) < 4.78 is 15.0. The Labute approximate surface area is 126 Å². The average molecular weight is 293 g/mol. The standard InChI is InChI=1S/C17H12FN3O/c1-21-15-9-13(18)7-6-11(15)8-16(21)17(22)20-14-5-3-2-4-12(14)10-19/h2-9H,1H3,(H,20,22). The van der Waals surface area contributed by atoms with Gasteiger partial charge in [0.25, 0.3) is 5.91 Å². The predicted octanol–water partition coefficient (Wildman–Crippen LogP) is 3.44. The summed E-state index contributed by atoms with van der Waals surface area (Å²) >= 11 is 0. The molecule has 0 atom stereocenters. The van der Waals surface area contributed by atoms with Gasteiger partial charge in [0.1, 0.15) is 17.6 Å². The smallest absolute Gasteiger partial charge is 0.272 e. The second kappa shape index (κ2) is 5.34. The van der Waals surface area contributed by atoms with Crippen molar-refractivity contribution in [2.24, 2.45) is 7.05 Å². The summed E-state index contributed by atoms with van der Waals surface area (Å²) in [6, 6.07) is 14.9. The quantitative estimate of drug-likeness (QED) is 0.786. The fourth-order valence-electron chi connectivity index (χ4n) is 2.40. The van der Waals surface area contributed by atoms with Gasteiger partial charge in [-0.2, -0.15) is 5.26 Å². The van der Waals surface area contributed by atoms with Gasteiger partial charge in [-0.25, -0.2) is 4.39 Å². The molecule has 3 aromatic rings. The van der Waals surface area contributed by atoms with Crippen LogP contribution in [0.1, 0.15) is 16.1 Å². The van der Waals surface area contributed by atoms with Crippen molar-refractivity contribution in [3.63, 3.8) is 0 Å². The molecule has 1 aromatic heterocycles. The number of fused-ring (bicyclic) bond motifs is 1. The van der Waals surface area contributed by atoms with E-state index in [0.29, 0.717) is 22.5 Å². The number of nitriles is 1. The van der Waals surface area contributed by atoms with E-state index in [2.05, 4.69) is 5.32 Å². The molecule has 5 heteroatoms. The van der Waals surface area contributed by atoms with Gasteiger partial charge in [0.15, 0.2) is 0 Å². The van der Waals surface area contributed by atoms with E-state index in [4.69, 9.17) is 5.26 Å². The molecular formula is C17H12FN3O. The Balaban J connectivity index is 1.99. The van der Waals surface area contributed by atoms with Gasteiger partial charge in [0.05, 0.1) is 16.8 Å². The van der Waals surface area contributed by atoms with Crippen LogP contribution in [0.15, 0.2) is 48.5 Å². The summed E-state index contributed by atoms with van der Waals surface area (Å²) in [5, 5.41) is 12.6. The molecule has 0 radical (unpaired) electrons. The minimum atomic E-state index is -0.351. The lowest BCUT2D eigenvalue weighted by Gasteiger charge is -2.07. The van der Waals surface area contributed by atoms with Crippen LogP contribution in [0.5, 0.6) is 0 Å². The summed E-state index contributed by atoms with van der Waals surface area (Å²) in [7, 11) is 1.70. The van der Waals surface area contributed by atoms with Crippen molar-refractivity contribution in [2.75, 3.05) is 5.32 Å². The first-order chi connectivity index (χ1) is 10.6. The number of hydrogen-bond donors (Lipinski definition) is 1. The molecule has 0 saturated heterocycles. The fraction of sp³-hybridized carbons (Fsp3) is 0.0588. The highest BCUT2D eigenvalue weighted by Crippen LogP contribution is 2.21. The first-order valence-electron chi connectivity index (χ1n) is 6.65. The molecule has 22 heavy (non-hydrogen) atoms. The van der Waals surface area contributed by atoms with Crippen LogP contribution in [0.25, 0.3) is 10.9 Å². The molecule has 1 heterocycles. The number of carbonyl (C=O) groups excluding carboxylic acids is 1. The highest BCUT2D eigenvalue weighted by molar-refractivity contribution is 6.06. The third-order valence-electron chi connectivity index (χ3n) is 3.54. The van der Waals surface area contributed by atoms with E-state index in [1.54, 1.807) is 48.0 Å². The van der Waals surface area contributed by atoms with E-state index >= 15 is 0 Å². The number of rotatable bonds is 2. The second-order valence-electron chi connectivity index (χ2n) is 4.90. The average Bonchev–Trinajstić information content (AvgIpc) is 2.85. The molecule has 0 aliphatic rings. The van der Waals surface area contributed by atoms with Crippen molar-refractivity contribution in [1.82, 2.24) is 4.57 Å². The molecule has 0 aliphatic heterocycles. The molecular weight excluding hydrogens is 281 g/mol. The zero-order chi connectivity index (χ0) is 15.7. The van der Waals surface area contributed by atoms with Crippen LogP contribution >= 0.6 is 0 Å². The van der Waals surface area contributed by atoms with E-state index in [-0.39, 0.29) is 11.7 Å². The molecule has 2 aromatic carbocycles. The summed E-state index contributed by atoms with van der Waals surface area (Å²) in [5.74, 6) is -0.697. The molecule has 4 nitrogen and oxygen atoms in total. The van der Waals surface area contributed by atoms with Crippen LogP contribution < -0.4 is 5.32 Å². The molecule has 0 unspecified atom stereocenters. The maximum atomic E-state index is 13.3. The van der Waals surface area contributed by atoms with Crippen LogP contribution in [-0.4, -0.2) is 10.5 Å². The lowest BCUT2D eigenvalue weighted by molar-refractivity contribution is 0.101. The number of aryl methyl sites for hydroxylation is 1. The SMILES string of the molecule is Cn1c(C(=O)Nc2ccccc2C#N)cc2ccc(F)cc21. The number of benzene rings is 2. The summed E-state index contributed by atoms with van der Waals surface area (Å²) in [5.41, 5.74) is 1.87. The van der Waals surface area contributed by atoms with Gasteiger partial charge in [-0.05, 0) is 36.4 Å². The lowest BCUT2D eigenvalue weighted by Crippen LogP contribution is -2.16. The van der Waals surface area contributed by atoms with Crippen molar-refractivity contribution in [1.29, 1.82) is 5.26 Å². The molecule has 1 N–H and O–H groups in total. The van der Waals surface area contributed by atoms with E-state index in [0.717, 1.165) is 5.39 Å². The van der Waals surface area contributed by atoms with Crippen molar-refractivity contribution in [3.8, 4) is 6.07 Å². The number of para-hydroxylation sites is 1. The summed E-state index contributed by atoms with van der Waals surface area (Å²) in [6.07, 6.45) is 0. The van der Waals surface area contributed by atoms with Gasteiger partial charge in [-0.15, -0.1) is 0 Å². The maximum absolute atomic E-state index is 13.3. The summed E-state index contributed by atoms with van der Waals surface area (Å²) in [6.45, 7) is 0. The number of halogens is 1. The second-order valence-corrected chi connectivity index (χ2v) is 4.90. The molecule has 0 aliphatic carbocycles. The van der Waals surface area contributed by atoms with Gasteiger partial charge < -0.3 is 9.88 Å². The van der Waals surface area contributed by atoms with Gasteiger partial charge >= 0.3 is 0 Å². The van der Waals surface area contributed by atoms with Crippen LogP contribution in [0, 0.1) is 17.1 Å². The first-order valence-corrected chi connectivity index (χ1v) is 6.65. The zero-order valence-corrected chi connectivity index (χ0v) is 11.8. The number of aromatic nitrogens is 1. The minimum Gasteiger partial charge on any atom is -0.340 e. The normalized spacial score (nSPS) is 10.4. The van der Waals surface area contributed by atoms with Crippen LogP contribution in [0.4, 0.5) is 10.1 Å². The Morgan fingerprint density at radius 2 is 2.00 bits per heavy atom. The number of nitrogens with zero attached hydrogens (tertiary/aromatic N) is 2. The monoisotopic (exact) mass is 293 g/mol. The topological polar surface area (TPSA) is 57.8 Å². The largest absolute Gasteiger partial charge is 0.340 e. The van der Waals surface area contributed by atoms with Gasteiger partial charge in [0.2, 0.25) is 0 Å². The zero-order valence-electron chi connectivity index (χ0n) is 11.8. The van der Waals surface area contributed by atoms with Crippen molar-refractivity contribution in [3.05, 3.63) is 65.6 Å². The maximum Gasteiger partial charge on any atom is 0.272 e. The lowest BCUT2D eigenvalue weighted by atomic mass is 10.2. The Morgan fingerprint density at radius 3 is 2.77 bits per heavy atom. The Bertz CT molecular complexity index is 921. The van der Waals surface area contributed by atoms with Crippen molar-refractivity contribution < 1.29 is 9.18 Å². The highest BCUT2D eigenvalue weighted by Gasteiger charge is 2.15. The van der Waals surface area contributed by atoms with Gasteiger partial charge in [-0.3, -0.25) is 4.79 Å².